The molecule has 0 bridgehead atoms. The fourth-order valence-electron chi connectivity index (χ4n) is 3.48. The van der Waals surface area contributed by atoms with Gasteiger partial charge in [0.15, 0.2) is 11.5 Å². The summed E-state index contributed by atoms with van der Waals surface area (Å²) in [6.07, 6.45) is 0.00356. The molecule has 0 radical (unpaired) electrons. The highest BCUT2D eigenvalue weighted by atomic mass is 32.2. The van der Waals surface area contributed by atoms with E-state index in [9.17, 15) is 13.2 Å². The van der Waals surface area contributed by atoms with Gasteiger partial charge in [-0.3, -0.25) is 4.79 Å². The number of piperazine rings is 1. The normalized spacial score (nSPS) is 14.8. The van der Waals surface area contributed by atoms with Gasteiger partial charge >= 0.3 is 0 Å². The van der Waals surface area contributed by atoms with E-state index in [0.29, 0.717) is 11.5 Å². The van der Waals surface area contributed by atoms with Crippen LogP contribution in [0, 0.1) is 0 Å². The zero-order chi connectivity index (χ0) is 23.1. The first kappa shape index (κ1) is 23.8. The van der Waals surface area contributed by atoms with E-state index in [-0.39, 0.29) is 23.8 Å². The number of anilines is 2. The molecule has 0 aromatic heterocycles. The largest absolute Gasteiger partial charge is 0.493 e. The number of nitrogens with zero attached hydrogens (tertiary/aromatic N) is 2. The number of benzene rings is 2. The standard InChI is InChI=1S/C22H30N4O5S/c1-25-12-14-26(15-13-25)19-7-5-4-6-18(19)24-22(27)10-11-23-32(28,29)17-8-9-20(30-2)21(16-17)31-3/h4-9,16,23H,10-15H2,1-3H3,(H,24,27). The van der Waals surface area contributed by atoms with Crippen molar-refractivity contribution >= 4 is 27.3 Å². The summed E-state index contributed by atoms with van der Waals surface area (Å²) in [6, 6.07) is 12.0. The van der Waals surface area contributed by atoms with E-state index in [1.54, 1.807) is 0 Å². The summed E-state index contributed by atoms with van der Waals surface area (Å²) in [5, 5.41) is 2.91. The molecule has 174 valence electrons. The van der Waals surface area contributed by atoms with Crippen molar-refractivity contribution in [2.45, 2.75) is 11.3 Å². The number of hydrogen-bond acceptors (Lipinski definition) is 7. The molecular formula is C22H30N4O5S. The van der Waals surface area contributed by atoms with Crippen LogP contribution in [0.2, 0.25) is 0 Å². The van der Waals surface area contributed by atoms with E-state index >= 15 is 0 Å². The van der Waals surface area contributed by atoms with Crippen molar-refractivity contribution in [3.05, 3.63) is 42.5 Å². The number of carbonyl (C=O) groups is 1. The third-order valence-electron chi connectivity index (χ3n) is 5.33. The molecule has 1 heterocycles. The Morgan fingerprint density at radius 1 is 1.00 bits per heavy atom. The number of para-hydroxylation sites is 2. The van der Waals surface area contributed by atoms with Crippen molar-refractivity contribution in [2.75, 3.05) is 64.2 Å². The number of sulfonamides is 1. The van der Waals surface area contributed by atoms with Crippen LogP contribution in [-0.2, 0) is 14.8 Å². The molecule has 10 heteroatoms. The van der Waals surface area contributed by atoms with E-state index in [2.05, 4.69) is 26.9 Å². The average molecular weight is 463 g/mol. The summed E-state index contributed by atoms with van der Waals surface area (Å²) in [6.45, 7) is 3.66. The van der Waals surface area contributed by atoms with Gasteiger partial charge in [0.2, 0.25) is 15.9 Å². The van der Waals surface area contributed by atoms with Crippen LogP contribution in [0.5, 0.6) is 11.5 Å². The minimum atomic E-state index is -3.80. The van der Waals surface area contributed by atoms with Crippen LogP contribution >= 0.6 is 0 Å². The molecule has 1 amide bonds. The second-order valence-corrected chi connectivity index (χ2v) is 9.29. The number of nitrogens with one attached hydrogen (secondary N) is 2. The molecule has 0 spiro atoms. The Morgan fingerprint density at radius 3 is 2.38 bits per heavy atom. The molecule has 0 atom stereocenters. The van der Waals surface area contributed by atoms with Gasteiger partial charge in [-0.05, 0) is 31.3 Å². The summed E-state index contributed by atoms with van der Waals surface area (Å²) >= 11 is 0. The highest BCUT2D eigenvalue weighted by Crippen LogP contribution is 2.29. The molecule has 32 heavy (non-hydrogen) atoms. The average Bonchev–Trinajstić information content (AvgIpc) is 2.79. The maximum Gasteiger partial charge on any atom is 0.240 e. The van der Waals surface area contributed by atoms with Crippen LogP contribution in [-0.4, -0.2) is 73.2 Å². The van der Waals surface area contributed by atoms with Crippen LogP contribution in [0.1, 0.15) is 6.42 Å². The van der Waals surface area contributed by atoms with Gasteiger partial charge < -0.3 is 24.6 Å². The van der Waals surface area contributed by atoms with E-state index in [1.165, 1.54) is 32.4 Å². The van der Waals surface area contributed by atoms with Gasteiger partial charge in [0, 0.05) is 45.2 Å². The van der Waals surface area contributed by atoms with Gasteiger partial charge in [-0.25, -0.2) is 13.1 Å². The summed E-state index contributed by atoms with van der Waals surface area (Å²) in [4.78, 5) is 17.0. The Hall–Kier alpha value is -2.82. The summed E-state index contributed by atoms with van der Waals surface area (Å²) in [5.41, 5.74) is 1.70. The Morgan fingerprint density at radius 2 is 1.69 bits per heavy atom. The molecule has 9 nitrogen and oxygen atoms in total. The lowest BCUT2D eigenvalue weighted by atomic mass is 10.2. The Balaban J connectivity index is 1.58. The van der Waals surface area contributed by atoms with Crippen LogP contribution < -0.4 is 24.4 Å². The number of carbonyl (C=O) groups excluding carboxylic acids is 1. The smallest absolute Gasteiger partial charge is 0.240 e. The number of rotatable bonds is 9. The number of hydrogen-bond donors (Lipinski definition) is 2. The third kappa shape index (κ3) is 5.90. The topological polar surface area (TPSA) is 100 Å². The summed E-state index contributed by atoms with van der Waals surface area (Å²) < 4.78 is 37.9. The summed E-state index contributed by atoms with van der Waals surface area (Å²) in [7, 11) is 1.21. The predicted molar refractivity (Wildman–Crippen MR) is 124 cm³/mol. The molecular weight excluding hydrogens is 432 g/mol. The molecule has 2 aromatic rings. The fourth-order valence-corrected chi connectivity index (χ4v) is 4.53. The molecule has 1 aliphatic heterocycles. The molecule has 2 N–H and O–H groups in total. The molecule has 0 saturated carbocycles. The molecule has 1 fully saturated rings. The van der Waals surface area contributed by atoms with Gasteiger partial charge in [-0.15, -0.1) is 0 Å². The molecule has 0 aliphatic carbocycles. The molecule has 2 aromatic carbocycles. The maximum absolute atomic E-state index is 12.6. The zero-order valence-electron chi connectivity index (χ0n) is 18.6. The predicted octanol–water partition coefficient (Wildman–Crippen LogP) is 1.76. The van der Waals surface area contributed by atoms with Crippen molar-refractivity contribution in [3.63, 3.8) is 0 Å². The highest BCUT2D eigenvalue weighted by molar-refractivity contribution is 7.89. The van der Waals surface area contributed by atoms with E-state index in [1.807, 2.05) is 24.3 Å². The Kier molecular flexibility index (Phi) is 7.94. The summed E-state index contributed by atoms with van der Waals surface area (Å²) in [5.74, 6) is 0.486. The quantitative estimate of drug-likeness (QED) is 0.586. The SMILES string of the molecule is COc1ccc(S(=O)(=O)NCCC(=O)Nc2ccccc2N2CCN(C)CC2)cc1OC. The lowest BCUT2D eigenvalue weighted by Crippen LogP contribution is -2.44. The van der Waals surface area contributed by atoms with Crippen LogP contribution in [0.4, 0.5) is 11.4 Å². The second kappa shape index (κ2) is 10.7. The van der Waals surface area contributed by atoms with Gasteiger partial charge in [0.05, 0.1) is 30.5 Å². The number of methoxy groups -OCH3 is 2. The first-order valence-electron chi connectivity index (χ1n) is 10.4. The molecule has 1 aliphatic rings. The van der Waals surface area contributed by atoms with Gasteiger partial charge in [-0.1, -0.05) is 12.1 Å². The maximum atomic E-state index is 12.6. The number of likely N-dealkylation sites (N-methyl/N-ethyl adjacent to an activating group) is 1. The van der Waals surface area contributed by atoms with Gasteiger partial charge in [0.25, 0.3) is 0 Å². The monoisotopic (exact) mass is 462 g/mol. The lowest BCUT2D eigenvalue weighted by Gasteiger charge is -2.35. The first-order chi connectivity index (χ1) is 15.3. The van der Waals surface area contributed by atoms with Gasteiger partial charge in [-0.2, -0.15) is 0 Å². The Bertz CT molecular complexity index is 1040. The van der Waals surface area contributed by atoms with Crippen molar-refractivity contribution in [1.82, 2.24) is 9.62 Å². The zero-order valence-corrected chi connectivity index (χ0v) is 19.4. The first-order valence-corrected chi connectivity index (χ1v) is 11.9. The molecule has 3 rings (SSSR count). The minimum Gasteiger partial charge on any atom is -0.493 e. The highest BCUT2D eigenvalue weighted by Gasteiger charge is 2.19. The van der Waals surface area contributed by atoms with Crippen molar-refractivity contribution in [1.29, 1.82) is 0 Å². The van der Waals surface area contributed by atoms with Crippen molar-refractivity contribution in [3.8, 4) is 11.5 Å². The minimum absolute atomic E-state index is 0.00356. The van der Waals surface area contributed by atoms with E-state index in [4.69, 9.17) is 9.47 Å². The van der Waals surface area contributed by atoms with Crippen LogP contribution in [0.3, 0.4) is 0 Å². The van der Waals surface area contributed by atoms with Crippen molar-refractivity contribution in [2.24, 2.45) is 0 Å². The van der Waals surface area contributed by atoms with Crippen LogP contribution in [0.15, 0.2) is 47.4 Å². The van der Waals surface area contributed by atoms with E-state index < -0.39 is 10.0 Å². The van der Waals surface area contributed by atoms with Crippen molar-refractivity contribution < 1.29 is 22.7 Å². The molecule has 1 saturated heterocycles. The lowest BCUT2D eigenvalue weighted by molar-refractivity contribution is -0.116. The number of amides is 1. The van der Waals surface area contributed by atoms with Gasteiger partial charge in [0.1, 0.15) is 0 Å². The van der Waals surface area contributed by atoms with E-state index in [0.717, 1.165) is 37.6 Å². The second-order valence-electron chi connectivity index (χ2n) is 7.52. The fraction of sp³-hybridized carbons (Fsp3) is 0.409. The third-order valence-corrected chi connectivity index (χ3v) is 6.79. The Labute approximate surface area is 189 Å². The van der Waals surface area contributed by atoms with Crippen LogP contribution in [0.25, 0.3) is 0 Å². The number of ether oxygens (including phenoxy) is 2. The molecule has 0 unspecified atom stereocenters.